The van der Waals surface area contributed by atoms with Crippen molar-refractivity contribution in [3.63, 3.8) is 0 Å². The Morgan fingerprint density at radius 2 is 1.72 bits per heavy atom. The molecule has 2 aliphatic heterocycles. The maximum Gasteiger partial charge on any atom is 0.234 e. The van der Waals surface area contributed by atoms with Crippen LogP contribution in [0.2, 0.25) is 0 Å². The fraction of sp³-hybridized carbons (Fsp3) is 0.500. The molecule has 1 unspecified atom stereocenters. The van der Waals surface area contributed by atoms with Crippen LogP contribution in [0.1, 0.15) is 33.3 Å². The highest BCUT2D eigenvalue weighted by atomic mass is 16.2. The molecule has 2 heterocycles. The number of nitrogens with one attached hydrogen (secondary N) is 3. The van der Waals surface area contributed by atoms with Crippen LogP contribution >= 0.6 is 0 Å². The fourth-order valence-electron chi connectivity index (χ4n) is 2.56. The Kier molecular flexibility index (Phi) is 2.15. The Hall–Kier alpha value is -1.71. The van der Waals surface area contributed by atoms with E-state index in [4.69, 9.17) is 0 Å². The van der Waals surface area contributed by atoms with Crippen LogP contribution in [-0.4, -0.2) is 12.1 Å². The summed E-state index contributed by atoms with van der Waals surface area (Å²) in [5, 5.41) is 9.86. The second-order valence-electron chi connectivity index (χ2n) is 6.03. The van der Waals surface area contributed by atoms with E-state index in [0.29, 0.717) is 5.92 Å². The van der Waals surface area contributed by atoms with Gasteiger partial charge in [0.2, 0.25) is 5.91 Å². The zero-order valence-electron chi connectivity index (χ0n) is 11.2. The van der Waals surface area contributed by atoms with E-state index in [1.165, 1.54) is 0 Å². The van der Waals surface area contributed by atoms with E-state index >= 15 is 0 Å². The van der Waals surface area contributed by atoms with Crippen LogP contribution in [-0.2, 0) is 10.2 Å². The number of carbonyl (C=O) groups is 1. The van der Waals surface area contributed by atoms with Gasteiger partial charge in [-0.15, -0.1) is 0 Å². The van der Waals surface area contributed by atoms with E-state index in [2.05, 4.69) is 35.9 Å². The van der Waals surface area contributed by atoms with Gasteiger partial charge in [0.1, 0.15) is 0 Å². The standard InChI is InChI=1S/C14H19N3O/c1-7(2)12-15-10-5-8-9(6-11(10)16-12)17-13(18)14(8,3)4/h5-7,12,15-16H,1-4H3,(H,17,18). The largest absolute Gasteiger partial charge is 0.363 e. The highest BCUT2D eigenvalue weighted by Crippen LogP contribution is 2.44. The molecule has 4 heteroatoms. The lowest BCUT2D eigenvalue weighted by Gasteiger charge is -2.16. The van der Waals surface area contributed by atoms with Gasteiger partial charge in [-0.3, -0.25) is 4.79 Å². The molecule has 0 aliphatic carbocycles. The van der Waals surface area contributed by atoms with Gasteiger partial charge in [0.25, 0.3) is 0 Å². The quantitative estimate of drug-likeness (QED) is 0.713. The predicted octanol–water partition coefficient (Wildman–Crippen LogP) is 2.74. The molecular formula is C14H19N3O. The van der Waals surface area contributed by atoms with Gasteiger partial charge in [0.05, 0.1) is 23.0 Å². The molecule has 3 N–H and O–H groups in total. The van der Waals surface area contributed by atoms with Crippen molar-refractivity contribution in [3.05, 3.63) is 17.7 Å². The number of fused-ring (bicyclic) bond motifs is 2. The number of carbonyl (C=O) groups excluding carboxylic acids is 1. The Balaban J connectivity index is 2.03. The summed E-state index contributed by atoms with van der Waals surface area (Å²) in [7, 11) is 0. The average Bonchev–Trinajstić information content (AvgIpc) is 2.78. The van der Waals surface area contributed by atoms with E-state index in [1.807, 2.05) is 19.9 Å². The van der Waals surface area contributed by atoms with Gasteiger partial charge >= 0.3 is 0 Å². The summed E-state index contributed by atoms with van der Waals surface area (Å²) in [5.74, 6) is 0.580. The number of hydrogen-bond acceptors (Lipinski definition) is 3. The van der Waals surface area contributed by atoms with Crippen LogP contribution in [0.4, 0.5) is 17.1 Å². The smallest absolute Gasteiger partial charge is 0.234 e. The number of anilines is 3. The van der Waals surface area contributed by atoms with Crippen LogP contribution in [0, 0.1) is 5.92 Å². The molecule has 3 rings (SSSR count). The summed E-state index contributed by atoms with van der Waals surface area (Å²) in [5.41, 5.74) is 3.73. The van der Waals surface area contributed by atoms with Crippen LogP contribution < -0.4 is 16.0 Å². The van der Waals surface area contributed by atoms with Gasteiger partial charge < -0.3 is 16.0 Å². The highest BCUT2D eigenvalue weighted by Gasteiger charge is 2.39. The van der Waals surface area contributed by atoms with Gasteiger partial charge in [0.15, 0.2) is 0 Å². The third-order valence-corrected chi connectivity index (χ3v) is 3.94. The molecule has 0 bridgehead atoms. The minimum Gasteiger partial charge on any atom is -0.363 e. The van der Waals surface area contributed by atoms with E-state index in [9.17, 15) is 4.79 Å². The topological polar surface area (TPSA) is 53.2 Å². The van der Waals surface area contributed by atoms with Gasteiger partial charge in [-0.1, -0.05) is 13.8 Å². The van der Waals surface area contributed by atoms with E-state index in [1.54, 1.807) is 0 Å². The number of amides is 1. The zero-order valence-corrected chi connectivity index (χ0v) is 11.2. The first-order valence-electron chi connectivity index (χ1n) is 6.42. The summed E-state index contributed by atoms with van der Waals surface area (Å²) in [6.45, 7) is 8.28. The summed E-state index contributed by atoms with van der Waals surface area (Å²) in [6.07, 6.45) is 0.265. The van der Waals surface area contributed by atoms with Crippen LogP contribution in [0.25, 0.3) is 0 Å². The molecule has 0 radical (unpaired) electrons. The lowest BCUT2D eigenvalue weighted by atomic mass is 9.86. The minimum atomic E-state index is -0.442. The van der Waals surface area contributed by atoms with Crippen molar-refractivity contribution in [2.24, 2.45) is 5.92 Å². The molecule has 1 amide bonds. The number of benzene rings is 1. The molecule has 1 atom stereocenters. The van der Waals surface area contributed by atoms with Crippen LogP contribution in [0.15, 0.2) is 12.1 Å². The first-order valence-corrected chi connectivity index (χ1v) is 6.42. The summed E-state index contributed by atoms with van der Waals surface area (Å²) in [4.78, 5) is 11.9. The first kappa shape index (κ1) is 11.4. The summed E-state index contributed by atoms with van der Waals surface area (Å²) in [6, 6.07) is 4.13. The zero-order chi connectivity index (χ0) is 13.1. The molecule has 0 saturated carbocycles. The predicted molar refractivity (Wildman–Crippen MR) is 74.0 cm³/mol. The molecule has 1 aromatic carbocycles. The van der Waals surface area contributed by atoms with Crippen molar-refractivity contribution in [3.8, 4) is 0 Å². The molecule has 18 heavy (non-hydrogen) atoms. The van der Waals surface area contributed by atoms with Crippen molar-refractivity contribution < 1.29 is 4.79 Å². The van der Waals surface area contributed by atoms with E-state index in [0.717, 1.165) is 22.6 Å². The second-order valence-corrected chi connectivity index (χ2v) is 6.03. The van der Waals surface area contributed by atoms with E-state index < -0.39 is 5.41 Å². The Labute approximate surface area is 107 Å². The van der Waals surface area contributed by atoms with Gasteiger partial charge in [-0.25, -0.2) is 0 Å². The first-order chi connectivity index (χ1) is 8.39. The lowest BCUT2D eigenvalue weighted by Crippen LogP contribution is -2.28. The van der Waals surface area contributed by atoms with Crippen molar-refractivity contribution in [1.82, 2.24) is 0 Å². The number of rotatable bonds is 1. The van der Waals surface area contributed by atoms with Crippen LogP contribution in [0.3, 0.4) is 0 Å². The molecule has 0 fully saturated rings. The summed E-state index contributed by atoms with van der Waals surface area (Å²) >= 11 is 0. The summed E-state index contributed by atoms with van der Waals surface area (Å²) < 4.78 is 0. The highest BCUT2D eigenvalue weighted by molar-refractivity contribution is 6.07. The second kappa shape index (κ2) is 3.40. The fourth-order valence-corrected chi connectivity index (χ4v) is 2.56. The van der Waals surface area contributed by atoms with Crippen LogP contribution in [0.5, 0.6) is 0 Å². The molecule has 96 valence electrons. The SMILES string of the molecule is CC(C)C1Nc2cc3c(cc2N1)C(C)(C)C(=O)N3. The molecule has 0 saturated heterocycles. The minimum absolute atomic E-state index is 0.0709. The Morgan fingerprint density at radius 3 is 2.33 bits per heavy atom. The molecule has 4 nitrogen and oxygen atoms in total. The lowest BCUT2D eigenvalue weighted by molar-refractivity contribution is -0.119. The van der Waals surface area contributed by atoms with E-state index in [-0.39, 0.29) is 12.1 Å². The maximum absolute atomic E-state index is 11.9. The molecular weight excluding hydrogens is 226 g/mol. The maximum atomic E-state index is 11.9. The molecule has 1 aromatic rings. The Morgan fingerprint density at radius 1 is 1.11 bits per heavy atom. The van der Waals surface area contributed by atoms with Crippen molar-refractivity contribution in [1.29, 1.82) is 0 Å². The van der Waals surface area contributed by atoms with Gasteiger partial charge in [-0.2, -0.15) is 0 Å². The number of hydrogen-bond donors (Lipinski definition) is 3. The molecule has 2 aliphatic rings. The van der Waals surface area contributed by atoms with Gasteiger partial charge in [-0.05, 0) is 37.5 Å². The monoisotopic (exact) mass is 245 g/mol. The van der Waals surface area contributed by atoms with Crippen molar-refractivity contribution >= 4 is 23.0 Å². The third kappa shape index (κ3) is 1.41. The van der Waals surface area contributed by atoms with Crippen molar-refractivity contribution in [2.75, 3.05) is 16.0 Å². The third-order valence-electron chi connectivity index (χ3n) is 3.94. The van der Waals surface area contributed by atoms with Crippen molar-refractivity contribution in [2.45, 2.75) is 39.3 Å². The molecule has 0 aromatic heterocycles. The molecule has 0 spiro atoms. The Bertz CT molecular complexity index is 534. The average molecular weight is 245 g/mol. The normalized spacial score (nSPS) is 23.2. The van der Waals surface area contributed by atoms with Gasteiger partial charge in [0, 0.05) is 5.69 Å².